The summed E-state index contributed by atoms with van der Waals surface area (Å²) in [5.74, 6) is -1.21. The molecule has 12 nitrogen and oxygen atoms in total. The Morgan fingerprint density at radius 3 is 1.60 bits per heavy atom. The van der Waals surface area contributed by atoms with Crippen LogP contribution in [-0.4, -0.2) is 101 Å². The van der Waals surface area contributed by atoms with Crippen molar-refractivity contribution in [1.29, 1.82) is 0 Å². The molecule has 2 saturated heterocycles. The molecule has 0 amide bonds. The number of carbonyl (C=O) groups is 2. The van der Waals surface area contributed by atoms with Gasteiger partial charge in [0.2, 0.25) is 0 Å². The Morgan fingerprint density at radius 2 is 1.17 bits per heavy atom. The van der Waals surface area contributed by atoms with E-state index in [-0.39, 0.29) is 42.7 Å². The fourth-order valence-corrected chi connectivity index (χ4v) is 14.0. The molecule has 4 aliphatic carbocycles. The van der Waals surface area contributed by atoms with Gasteiger partial charge in [-0.2, -0.15) is 61.2 Å². The smallest absolute Gasteiger partial charge is 0.402 e. The molecule has 2 N–H and O–H groups in total. The highest BCUT2D eigenvalue weighted by Crippen LogP contribution is 2.52. The highest BCUT2D eigenvalue weighted by Gasteiger charge is 2.62. The second-order valence-corrected chi connectivity index (χ2v) is 20.2. The first-order valence-electron chi connectivity index (χ1n) is 19.9. The van der Waals surface area contributed by atoms with Crippen molar-refractivity contribution in [3.05, 3.63) is 75.4 Å². The topological polar surface area (TPSA) is 151 Å². The first-order valence-corrected chi connectivity index (χ1v) is 22.7. The number of rotatable bonds is 6. The molecule has 0 aromatic heterocycles. The first-order chi connectivity index (χ1) is 28.0. The normalized spacial score (nSPS) is 30.6. The molecule has 60 heavy (non-hydrogen) atoms. The lowest BCUT2D eigenvalue weighted by molar-refractivity contribution is -0.138. The number of carbonyl (C=O) groups excluding carboxylic acids is 2. The Morgan fingerprint density at radius 1 is 0.733 bits per heavy atom. The van der Waals surface area contributed by atoms with Crippen molar-refractivity contribution in [3.8, 4) is 0 Å². The molecule has 20 heteroatoms. The van der Waals surface area contributed by atoms with Crippen molar-refractivity contribution in [2.75, 3.05) is 39.9 Å². The minimum atomic E-state index is -4.59. The Labute approximate surface area is 345 Å². The number of fused-ring (bicyclic) bond motifs is 2. The number of nitrogens with one attached hydrogen (secondary N) is 2. The predicted octanol–water partition coefficient (Wildman–Crippen LogP) is 5.28. The third-order valence-electron chi connectivity index (χ3n) is 13.2. The van der Waals surface area contributed by atoms with Gasteiger partial charge in [-0.3, -0.25) is 0 Å². The molecule has 6 aliphatic rings. The maximum atomic E-state index is 13.0. The number of alkyl halides is 6. The van der Waals surface area contributed by atoms with Crippen molar-refractivity contribution in [1.82, 2.24) is 18.1 Å². The van der Waals surface area contributed by atoms with Gasteiger partial charge in [-0.25, -0.2) is 9.59 Å². The Balaban J connectivity index is 0.000000183. The van der Waals surface area contributed by atoms with Gasteiger partial charge < -0.3 is 9.47 Å². The van der Waals surface area contributed by atoms with Crippen LogP contribution in [0.25, 0.3) is 6.08 Å². The van der Waals surface area contributed by atoms with Crippen molar-refractivity contribution in [3.63, 3.8) is 0 Å². The average Bonchev–Trinajstić information content (AvgIpc) is 3.73. The van der Waals surface area contributed by atoms with E-state index < -0.39 is 62.9 Å². The molecule has 0 unspecified atom stereocenters. The van der Waals surface area contributed by atoms with Gasteiger partial charge in [-0.1, -0.05) is 24.3 Å². The van der Waals surface area contributed by atoms with Gasteiger partial charge in [-0.15, -0.1) is 0 Å². The Kier molecular flexibility index (Phi) is 11.8. The van der Waals surface area contributed by atoms with E-state index >= 15 is 0 Å². The van der Waals surface area contributed by atoms with Crippen LogP contribution in [0.5, 0.6) is 0 Å². The monoisotopic (exact) mass is 890 g/mol. The van der Waals surface area contributed by atoms with Gasteiger partial charge in [0.05, 0.1) is 30.4 Å². The van der Waals surface area contributed by atoms with Crippen LogP contribution in [0.15, 0.2) is 42.0 Å². The van der Waals surface area contributed by atoms with Gasteiger partial charge in [0, 0.05) is 18.7 Å². The fraction of sp³-hybridized carbons (Fsp3) is 0.600. The number of esters is 2. The summed E-state index contributed by atoms with van der Waals surface area (Å²) in [5, 5.41) is 0. The molecule has 4 fully saturated rings. The Bertz CT molecular complexity index is 2290. The summed E-state index contributed by atoms with van der Waals surface area (Å²) >= 11 is 0. The SMILES string of the molecule is CCOC(=O)/C(C)=C/c1ccc2c(c1)C[C@H]1CC[C@@H](C2)[C@]12CN(CC(F)(F)F)S(=O)(=O)N2.COC(=O)c1ccc2c(c1)C[C@H]1CC[C@@H](C2)[C@]12CN(CC(F)(F)F)S(=O)(=O)N2. The van der Waals surface area contributed by atoms with Crippen LogP contribution in [0.1, 0.15) is 77.7 Å². The first kappa shape index (κ1) is 44.5. The highest BCUT2D eigenvalue weighted by molar-refractivity contribution is 7.87. The van der Waals surface area contributed by atoms with E-state index in [9.17, 15) is 52.8 Å². The van der Waals surface area contributed by atoms with E-state index in [4.69, 9.17) is 9.47 Å². The summed E-state index contributed by atoms with van der Waals surface area (Å²) in [6.45, 7) is 0.422. The second-order valence-electron chi connectivity index (χ2n) is 16.9. The number of nitrogens with zero attached hydrogens (tertiary/aromatic N) is 2. The molecule has 330 valence electrons. The molecule has 2 saturated carbocycles. The molecular weight excluding hydrogens is 843 g/mol. The zero-order valence-electron chi connectivity index (χ0n) is 33.3. The summed E-state index contributed by atoms with van der Waals surface area (Å²) in [6.07, 6.45) is -2.16. The molecule has 2 aromatic carbocycles. The second kappa shape index (κ2) is 16.0. The molecule has 2 aromatic rings. The van der Waals surface area contributed by atoms with Crippen LogP contribution in [0.2, 0.25) is 0 Å². The van der Waals surface area contributed by atoms with Crippen LogP contribution in [0.4, 0.5) is 26.3 Å². The predicted molar refractivity (Wildman–Crippen MR) is 207 cm³/mol. The van der Waals surface area contributed by atoms with Gasteiger partial charge in [0.25, 0.3) is 20.4 Å². The number of benzene rings is 2. The molecule has 6 atom stereocenters. The Hall–Kier alpha value is -3.56. The maximum absolute atomic E-state index is 13.0. The zero-order chi connectivity index (χ0) is 43.6. The standard InChI is InChI=1S/C22H27F3N2O4S.C18H21F3N2O4S/c1-3-31-20(28)14(2)8-15-4-5-16-10-18-6-7-19(11-17(16)9-15)21(18)12-27(13-22(23,24)25)32(29,30)26-21;1-27-16(24)12-3-2-11-7-14-4-5-15(8-13(11)6-12)17(14)9-23(10-18(19,20)21)28(25,26)22-17/h4-5,8-9,18-19,26H,3,6-7,10-13H2,1-2H3;2-3,6,14-15,22H,4-5,7-10H2,1H3/b14-8+;/t18-,19+,21+;14-,15+,17+/m00/s1. The fourth-order valence-electron chi connectivity index (χ4n) is 10.6. The molecule has 0 radical (unpaired) electrons. The van der Waals surface area contributed by atoms with Gasteiger partial charge in [0.15, 0.2) is 0 Å². The zero-order valence-corrected chi connectivity index (χ0v) is 34.9. The van der Waals surface area contributed by atoms with Crippen molar-refractivity contribution in [2.45, 2.75) is 88.6 Å². The summed E-state index contributed by atoms with van der Waals surface area (Å²) in [6, 6.07) is 11.1. The molecule has 2 heterocycles. The lowest BCUT2D eigenvalue weighted by Crippen LogP contribution is -2.52. The minimum Gasteiger partial charge on any atom is -0.465 e. The summed E-state index contributed by atoms with van der Waals surface area (Å²) < 4.78 is 144. The van der Waals surface area contributed by atoms with E-state index in [1.165, 1.54) is 7.11 Å². The largest absolute Gasteiger partial charge is 0.465 e. The van der Waals surface area contributed by atoms with Crippen molar-refractivity contribution in [2.24, 2.45) is 23.7 Å². The molecule has 8 rings (SSSR count). The van der Waals surface area contributed by atoms with Crippen LogP contribution < -0.4 is 9.44 Å². The lowest BCUT2D eigenvalue weighted by Gasteiger charge is -2.33. The highest BCUT2D eigenvalue weighted by atomic mass is 32.2. The van der Waals surface area contributed by atoms with Crippen molar-refractivity contribution < 1.29 is 62.2 Å². The minimum absolute atomic E-state index is 0.0654. The van der Waals surface area contributed by atoms with Gasteiger partial charge >= 0.3 is 24.3 Å². The molecule has 4 bridgehead atoms. The third-order valence-corrected chi connectivity index (χ3v) is 16.4. The van der Waals surface area contributed by atoms with Crippen molar-refractivity contribution >= 4 is 38.4 Å². The van der Waals surface area contributed by atoms with Crippen LogP contribution >= 0.6 is 0 Å². The van der Waals surface area contributed by atoms with E-state index in [0.717, 1.165) is 53.5 Å². The van der Waals surface area contributed by atoms with E-state index in [2.05, 4.69) is 9.44 Å². The number of halogens is 6. The quantitative estimate of drug-likeness (QED) is 0.226. The van der Waals surface area contributed by atoms with E-state index in [1.54, 1.807) is 32.1 Å². The van der Waals surface area contributed by atoms with Crippen LogP contribution in [0.3, 0.4) is 0 Å². The average molecular weight is 891 g/mol. The van der Waals surface area contributed by atoms with E-state index in [0.29, 0.717) is 52.0 Å². The number of hydrogen-bond acceptors (Lipinski definition) is 8. The van der Waals surface area contributed by atoms with Gasteiger partial charge in [-0.05, 0) is 135 Å². The van der Waals surface area contributed by atoms with Crippen LogP contribution in [0, 0.1) is 23.7 Å². The number of hydrogen-bond donors (Lipinski definition) is 2. The summed E-state index contributed by atoms with van der Waals surface area (Å²) in [4.78, 5) is 23.7. The third kappa shape index (κ3) is 8.73. The number of ether oxygens (including phenoxy) is 2. The van der Waals surface area contributed by atoms with Gasteiger partial charge in [0.1, 0.15) is 13.1 Å². The summed E-state index contributed by atoms with van der Waals surface area (Å²) in [7, 11) is -7.09. The maximum Gasteiger partial charge on any atom is 0.402 e. The molecule has 2 aliphatic heterocycles. The van der Waals surface area contributed by atoms with Crippen LogP contribution in [-0.2, 0) is 60.4 Å². The summed E-state index contributed by atoms with van der Waals surface area (Å²) in [5.41, 5.74) is 4.01. The number of methoxy groups -OCH3 is 1. The molecular formula is C40H48F6N4O8S2. The molecule has 2 spiro atoms. The lowest BCUT2D eigenvalue weighted by atomic mass is 9.79. The van der Waals surface area contributed by atoms with E-state index in [1.807, 2.05) is 24.3 Å².